The molecule has 3 rings (SSSR count). The maximum Gasteiger partial charge on any atom is 0.355 e. The van der Waals surface area contributed by atoms with Crippen LogP contribution in [-0.4, -0.2) is 17.0 Å². The van der Waals surface area contributed by atoms with E-state index in [1.165, 1.54) is 12.1 Å². The zero-order valence-corrected chi connectivity index (χ0v) is 13.4. The average Bonchev–Trinajstić information content (AvgIpc) is 2.82. The molecule has 0 aliphatic rings. The van der Waals surface area contributed by atoms with Gasteiger partial charge in [-0.25, -0.2) is 9.18 Å². The average molecular weight is 362 g/mol. The quantitative estimate of drug-likeness (QED) is 0.633. The Balaban J connectivity index is 2.32. The molecule has 3 aromatic rings. The molecule has 0 saturated carbocycles. The number of aromatic nitrogens is 1. The Morgan fingerprint density at radius 2 is 1.95 bits per heavy atom. The van der Waals surface area contributed by atoms with Gasteiger partial charge in [-0.3, -0.25) is 0 Å². The number of carbonyl (C=O) groups is 1. The van der Waals surface area contributed by atoms with Gasteiger partial charge in [-0.1, -0.05) is 18.2 Å². The van der Waals surface area contributed by atoms with Crippen molar-refractivity contribution in [2.24, 2.45) is 0 Å². The molecule has 22 heavy (non-hydrogen) atoms. The van der Waals surface area contributed by atoms with Crippen molar-refractivity contribution in [1.82, 2.24) is 4.40 Å². The molecule has 0 aliphatic heterocycles. The number of esters is 1. The lowest BCUT2D eigenvalue weighted by molar-refractivity contribution is 0.0519. The molecule has 112 valence electrons. The number of hydrogen-bond donors (Lipinski definition) is 0. The molecule has 1 aromatic carbocycles. The van der Waals surface area contributed by atoms with E-state index in [1.807, 2.05) is 18.2 Å². The molecule has 3 nitrogen and oxygen atoms in total. The number of carbonyl (C=O) groups excluding carboxylic acids is 1. The van der Waals surface area contributed by atoms with Crippen molar-refractivity contribution < 1.29 is 13.9 Å². The molecule has 0 bridgehead atoms. The van der Waals surface area contributed by atoms with Gasteiger partial charge in [0.1, 0.15) is 11.5 Å². The molecule has 0 N–H and O–H groups in total. The van der Waals surface area contributed by atoms with Crippen molar-refractivity contribution in [3.05, 3.63) is 64.6 Å². The van der Waals surface area contributed by atoms with Crippen molar-refractivity contribution in [1.29, 1.82) is 0 Å². The fourth-order valence-electron chi connectivity index (χ4n) is 2.45. The minimum atomic E-state index is -0.409. The summed E-state index contributed by atoms with van der Waals surface area (Å²) in [5.74, 6) is -0.727. The molecular weight excluding hydrogens is 349 g/mol. The van der Waals surface area contributed by atoms with E-state index in [0.29, 0.717) is 17.9 Å². The van der Waals surface area contributed by atoms with Crippen LogP contribution in [0.2, 0.25) is 0 Å². The van der Waals surface area contributed by atoms with Gasteiger partial charge in [-0.2, -0.15) is 0 Å². The van der Waals surface area contributed by atoms with Gasteiger partial charge in [0.05, 0.1) is 16.6 Å². The van der Waals surface area contributed by atoms with Crippen LogP contribution < -0.4 is 0 Å². The lowest BCUT2D eigenvalue weighted by Crippen LogP contribution is -2.09. The maximum atomic E-state index is 13.2. The van der Waals surface area contributed by atoms with Crippen molar-refractivity contribution in [2.75, 3.05) is 6.61 Å². The number of fused-ring (bicyclic) bond motifs is 1. The first kappa shape index (κ1) is 14.8. The molecule has 0 saturated heterocycles. The van der Waals surface area contributed by atoms with Gasteiger partial charge in [0, 0.05) is 11.8 Å². The highest BCUT2D eigenvalue weighted by Gasteiger charge is 2.24. The second-order valence-electron chi connectivity index (χ2n) is 4.72. The van der Waals surface area contributed by atoms with Crippen LogP contribution in [0.15, 0.2) is 53.1 Å². The molecule has 0 unspecified atom stereocenters. The smallest absolute Gasteiger partial charge is 0.355 e. The van der Waals surface area contributed by atoms with E-state index in [9.17, 15) is 9.18 Å². The maximum absolute atomic E-state index is 13.2. The van der Waals surface area contributed by atoms with Crippen LogP contribution in [0.3, 0.4) is 0 Å². The third kappa shape index (κ3) is 2.41. The third-order valence-electron chi connectivity index (χ3n) is 3.38. The lowest BCUT2D eigenvalue weighted by atomic mass is 10.1. The summed E-state index contributed by atoms with van der Waals surface area (Å²) >= 11 is 3.55. The summed E-state index contributed by atoms with van der Waals surface area (Å²) < 4.78 is 20.9. The SMILES string of the molecule is CCOC(=O)c1c(-c2ccc(F)cc2)c(Br)c2ccccn12. The van der Waals surface area contributed by atoms with E-state index in [-0.39, 0.29) is 5.82 Å². The first-order valence-electron chi connectivity index (χ1n) is 6.85. The third-order valence-corrected chi connectivity index (χ3v) is 4.19. The molecule has 5 heteroatoms. The number of ether oxygens (including phenoxy) is 1. The minimum Gasteiger partial charge on any atom is -0.461 e. The summed E-state index contributed by atoms with van der Waals surface area (Å²) in [5.41, 5.74) is 2.73. The summed E-state index contributed by atoms with van der Waals surface area (Å²) in [5, 5.41) is 0. The Labute approximate surface area is 135 Å². The van der Waals surface area contributed by atoms with Crippen LogP contribution in [0.5, 0.6) is 0 Å². The van der Waals surface area contributed by atoms with Gasteiger partial charge in [-0.15, -0.1) is 0 Å². The van der Waals surface area contributed by atoms with Gasteiger partial charge in [0.15, 0.2) is 0 Å². The van der Waals surface area contributed by atoms with Gasteiger partial charge >= 0.3 is 5.97 Å². The molecular formula is C17H13BrFNO2. The number of benzene rings is 1. The summed E-state index contributed by atoms with van der Waals surface area (Å²) in [6.45, 7) is 2.06. The zero-order chi connectivity index (χ0) is 15.7. The molecule has 0 fully saturated rings. The molecule has 0 spiro atoms. The van der Waals surface area contributed by atoms with Gasteiger partial charge in [0.2, 0.25) is 0 Å². The fraction of sp³-hybridized carbons (Fsp3) is 0.118. The van der Waals surface area contributed by atoms with Crippen molar-refractivity contribution in [3.63, 3.8) is 0 Å². The van der Waals surface area contributed by atoms with Crippen molar-refractivity contribution >= 4 is 27.4 Å². The Morgan fingerprint density at radius 3 is 2.64 bits per heavy atom. The summed E-state index contributed by atoms with van der Waals surface area (Å²) in [7, 11) is 0. The lowest BCUT2D eigenvalue weighted by Gasteiger charge is -2.06. The number of hydrogen-bond acceptors (Lipinski definition) is 2. The minimum absolute atomic E-state index is 0.291. The highest BCUT2D eigenvalue weighted by molar-refractivity contribution is 9.10. The van der Waals surface area contributed by atoms with E-state index < -0.39 is 5.97 Å². The van der Waals surface area contributed by atoms with Gasteiger partial charge in [0.25, 0.3) is 0 Å². The predicted molar refractivity (Wildman–Crippen MR) is 86.4 cm³/mol. The number of nitrogens with zero attached hydrogens (tertiary/aromatic N) is 1. The molecule has 2 aromatic heterocycles. The second-order valence-corrected chi connectivity index (χ2v) is 5.51. The highest BCUT2D eigenvalue weighted by atomic mass is 79.9. The van der Waals surface area contributed by atoms with E-state index in [2.05, 4.69) is 15.9 Å². The Bertz CT molecular complexity index is 840. The second kappa shape index (κ2) is 5.93. The van der Waals surface area contributed by atoms with Crippen molar-refractivity contribution in [3.8, 4) is 11.1 Å². The molecule has 0 amide bonds. The number of rotatable bonds is 3. The van der Waals surface area contributed by atoms with Crippen LogP contribution in [-0.2, 0) is 4.74 Å². The van der Waals surface area contributed by atoms with Gasteiger partial charge < -0.3 is 9.14 Å². The molecule has 0 aliphatic carbocycles. The number of halogens is 2. The van der Waals surface area contributed by atoms with Gasteiger partial charge in [-0.05, 0) is 52.7 Å². The van der Waals surface area contributed by atoms with Crippen LogP contribution in [0, 0.1) is 5.82 Å². The van der Waals surface area contributed by atoms with E-state index in [1.54, 1.807) is 29.7 Å². The molecule has 2 heterocycles. The standard InChI is InChI=1S/C17H13BrFNO2/c1-2-22-17(21)16-14(11-6-8-12(19)9-7-11)15(18)13-5-3-4-10-20(13)16/h3-10H,2H2,1H3. The summed E-state index contributed by atoms with van der Waals surface area (Å²) in [6, 6.07) is 11.7. The molecule has 0 atom stereocenters. The molecule has 0 radical (unpaired) electrons. The van der Waals surface area contributed by atoms with E-state index in [0.717, 1.165) is 15.6 Å². The topological polar surface area (TPSA) is 30.7 Å². The van der Waals surface area contributed by atoms with Crippen LogP contribution in [0.25, 0.3) is 16.6 Å². The Hall–Kier alpha value is -2.14. The van der Waals surface area contributed by atoms with E-state index in [4.69, 9.17) is 4.74 Å². The van der Waals surface area contributed by atoms with Crippen molar-refractivity contribution in [2.45, 2.75) is 6.92 Å². The first-order valence-corrected chi connectivity index (χ1v) is 7.64. The largest absolute Gasteiger partial charge is 0.461 e. The first-order chi connectivity index (χ1) is 10.6. The predicted octanol–water partition coefficient (Wildman–Crippen LogP) is 4.68. The van der Waals surface area contributed by atoms with E-state index >= 15 is 0 Å². The Kier molecular flexibility index (Phi) is 3.98. The normalized spacial score (nSPS) is 10.9. The highest BCUT2D eigenvalue weighted by Crippen LogP contribution is 2.37. The number of pyridine rings is 1. The monoisotopic (exact) mass is 361 g/mol. The van der Waals surface area contributed by atoms with Crippen LogP contribution in [0.4, 0.5) is 4.39 Å². The summed E-state index contributed by atoms with van der Waals surface area (Å²) in [4.78, 5) is 12.4. The van der Waals surface area contributed by atoms with Crippen LogP contribution >= 0.6 is 15.9 Å². The summed E-state index contributed by atoms with van der Waals surface area (Å²) in [6.07, 6.45) is 1.80. The Morgan fingerprint density at radius 1 is 1.23 bits per heavy atom. The fourth-order valence-corrected chi connectivity index (χ4v) is 3.19. The zero-order valence-electron chi connectivity index (χ0n) is 11.8. The van der Waals surface area contributed by atoms with Crippen LogP contribution in [0.1, 0.15) is 17.4 Å².